The van der Waals surface area contributed by atoms with Gasteiger partial charge in [0.15, 0.2) is 0 Å². The number of aliphatic hydroxyl groups is 1. The van der Waals surface area contributed by atoms with Crippen LogP contribution in [0.2, 0.25) is 0 Å². The molecule has 0 aliphatic heterocycles. The molecule has 0 aliphatic carbocycles. The first-order chi connectivity index (χ1) is 4.27. The van der Waals surface area contributed by atoms with Crippen molar-refractivity contribution in [2.75, 3.05) is 6.61 Å². The summed E-state index contributed by atoms with van der Waals surface area (Å²) in [6, 6.07) is 0. The summed E-state index contributed by atoms with van der Waals surface area (Å²) in [4.78, 5) is 0. The standard InChI is InChI=1S/C8H18OS/c1-7(2,6-9)5-8(3,4)10/h9-10H,5-6H2,1-4H3. The van der Waals surface area contributed by atoms with E-state index in [-0.39, 0.29) is 16.8 Å². The average Bonchev–Trinajstić information content (AvgIpc) is 1.60. The van der Waals surface area contributed by atoms with Gasteiger partial charge in [0.05, 0.1) is 0 Å². The fourth-order valence-corrected chi connectivity index (χ4v) is 1.66. The maximum Gasteiger partial charge on any atom is 0.0482 e. The van der Waals surface area contributed by atoms with Crippen molar-refractivity contribution in [3.8, 4) is 0 Å². The van der Waals surface area contributed by atoms with Gasteiger partial charge in [-0.05, 0) is 11.8 Å². The Balaban J connectivity index is 3.89. The minimum absolute atomic E-state index is 0.00521. The van der Waals surface area contributed by atoms with Gasteiger partial charge in [-0.1, -0.05) is 27.7 Å². The number of thiol groups is 1. The molecule has 0 radical (unpaired) electrons. The van der Waals surface area contributed by atoms with E-state index in [0.29, 0.717) is 0 Å². The normalized spacial score (nSPS) is 13.8. The van der Waals surface area contributed by atoms with Crippen LogP contribution < -0.4 is 0 Å². The van der Waals surface area contributed by atoms with E-state index in [4.69, 9.17) is 5.11 Å². The van der Waals surface area contributed by atoms with E-state index in [1.807, 2.05) is 13.8 Å². The Morgan fingerprint density at radius 2 is 1.60 bits per heavy atom. The molecule has 0 unspecified atom stereocenters. The highest BCUT2D eigenvalue weighted by molar-refractivity contribution is 7.81. The van der Waals surface area contributed by atoms with Crippen molar-refractivity contribution in [2.45, 2.75) is 38.9 Å². The lowest BCUT2D eigenvalue weighted by Crippen LogP contribution is -2.26. The Morgan fingerprint density at radius 3 is 1.70 bits per heavy atom. The lowest BCUT2D eigenvalue weighted by molar-refractivity contribution is 0.142. The van der Waals surface area contributed by atoms with Crippen LogP contribution in [0.3, 0.4) is 0 Å². The highest BCUT2D eigenvalue weighted by atomic mass is 32.1. The van der Waals surface area contributed by atoms with Crippen molar-refractivity contribution < 1.29 is 5.11 Å². The maximum absolute atomic E-state index is 8.92. The van der Waals surface area contributed by atoms with Gasteiger partial charge in [0.2, 0.25) is 0 Å². The molecule has 0 aliphatic rings. The zero-order chi connectivity index (χ0) is 8.41. The summed E-state index contributed by atoms with van der Waals surface area (Å²) >= 11 is 4.39. The smallest absolute Gasteiger partial charge is 0.0482 e. The Hall–Kier alpha value is 0.310. The first-order valence-electron chi connectivity index (χ1n) is 3.60. The Labute approximate surface area is 69.2 Å². The molecule has 2 heteroatoms. The molecule has 1 nitrogen and oxygen atoms in total. The Bertz CT molecular complexity index is 102. The van der Waals surface area contributed by atoms with Crippen LogP contribution in [0.25, 0.3) is 0 Å². The molecular weight excluding hydrogens is 144 g/mol. The van der Waals surface area contributed by atoms with Gasteiger partial charge >= 0.3 is 0 Å². The van der Waals surface area contributed by atoms with E-state index in [2.05, 4.69) is 26.5 Å². The lowest BCUT2D eigenvalue weighted by Gasteiger charge is -2.29. The summed E-state index contributed by atoms with van der Waals surface area (Å²) < 4.78 is 0.0201. The minimum Gasteiger partial charge on any atom is -0.396 e. The second kappa shape index (κ2) is 3.14. The maximum atomic E-state index is 8.92. The van der Waals surface area contributed by atoms with Crippen LogP contribution in [0, 0.1) is 5.41 Å². The fourth-order valence-electron chi connectivity index (χ4n) is 1.23. The SMILES string of the molecule is CC(C)(S)CC(C)(C)CO. The minimum atomic E-state index is 0.00521. The Morgan fingerprint density at radius 1 is 1.20 bits per heavy atom. The molecule has 0 aromatic rings. The van der Waals surface area contributed by atoms with E-state index in [9.17, 15) is 0 Å². The van der Waals surface area contributed by atoms with Crippen LogP contribution in [0.4, 0.5) is 0 Å². The summed E-state index contributed by atoms with van der Waals surface area (Å²) in [6.07, 6.45) is 0.930. The molecule has 0 aromatic carbocycles. The van der Waals surface area contributed by atoms with Gasteiger partial charge in [0.25, 0.3) is 0 Å². The third kappa shape index (κ3) is 5.12. The van der Waals surface area contributed by atoms with Gasteiger partial charge in [-0.25, -0.2) is 0 Å². The number of rotatable bonds is 3. The van der Waals surface area contributed by atoms with Crippen molar-refractivity contribution in [3.05, 3.63) is 0 Å². The first-order valence-corrected chi connectivity index (χ1v) is 4.05. The summed E-state index contributed by atoms with van der Waals surface area (Å²) in [7, 11) is 0. The van der Waals surface area contributed by atoms with Crippen LogP contribution in [0.1, 0.15) is 34.1 Å². The van der Waals surface area contributed by atoms with Crippen molar-refractivity contribution in [3.63, 3.8) is 0 Å². The fraction of sp³-hybridized carbons (Fsp3) is 1.00. The molecule has 0 heterocycles. The average molecular weight is 162 g/mol. The molecule has 0 aromatic heterocycles. The molecule has 0 bridgehead atoms. The molecule has 62 valence electrons. The molecule has 0 amide bonds. The van der Waals surface area contributed by atoms with E-state index in [1.54, 1.807) is 0 Å². The van der Waals surface area contributed by atoms with Crippen molar-refractivity contribution in [1.82, 2.24) is 0 Å². The van der Waals surface area contributed by atoms with Gasteiger partial charge in [-0.2, -0.15) is 12.6 Å². The monoisotopic (exact) mass is 162 g/mol. The molecule has 0 saturated heterocycles. The predicted octanol–water partition coefficient (Wildman–Crippen LogP) is 2.10. The largest absolute Gasteiger partial charge is 0.396 e. The summed E-state index contributed by atoms with van der Waals surface area (Å²) in [5.74, 6) is 0. The second-order valence-corrected chi connectivity index (χ2v) is 5.52. The number of hydrogen-bond donors (Lipinski definition) is 2. The number of aliphatic hydroxyl groups excluding tert-OH is 1. The van der Waals surface area contributed by atoms with Crippen LogP contribution >= 0.6 is 12.6 Å². The third-order valence-corrected chi connectivity index (χ3v) is 1.50. The van der Waals surface area contributed by atoms with Crippen molar-refractivity contribution in [1.29, 1.82) is 0 Å². The summed E-state index contributed by atoms with van der Waals surface area (Å²) in [5.41, 5.74) is 0.00521. The molecule has 10 heavy (non-hydrogen) atoms. The van der Waals surface area contributed by atoms with Crippen LogP contribution in [0.15, 0.2) is 0 Å². The summed E-state index contributed by atoms with van der Waals surface area (Å²) in [6.45, 7) is 8.45. The quantitative estimate of drug-likeness (QED) is 0.609. The van der Waals surface area contributed by atoms with Gasteiger partial charge < -0.3 is 5.11 Å². The molecule has 0 fully saturated rings. The van der Waals surface area contributed by atoms with Crippen LogP contribution in [-0.4, -0.2) is 16.5 Å². The molecule has 0 saturated carbocycles. The molecule has 0 atom stereocenters. The molecule has 1 N–H and O–H groups in total. The van der Waals surface area contributed by atoms with E-state index in [1.165, 1.54) is 0 Å². The topological polar surface area (TPSA) is 20.2 Å². The van der Waals surface area contributed by atoms with E-state index < -0.39 is 0 Å². The van der Waals surface area contributed by atoms with Gasteiger partial charge in [0, 0.05) is 11.4 Å². The molecule has 0 rings (SSSR count). The predicted molar refractivity (Wildman–Crippen MR) is 48.5 cm³/mol. The second-order valence-electron chi connectivity index (χ2n) is 4.31. The molecular formula is C8H18OS. The molecule has 0 spiro atoms. The number of hydrogen-bond acceptors (Lipinski definition) is 2. The van der Waals surface area contributed by atoms with Gasteiger partial charge in [0.1, 0.15) is 0 Å². The zero-order valence-corrected chi connectivity index (χ0v) is 8.20. The van der Waals surface area contributed by atoms with Crippen molar-refractivity contribution in [2.24, 2.45) is 5.41 Å². The zero-order valence-electron chi connectivity index (χ0n) is 7.31. The van der Waals surface area contributed by atoms with Gasteiger partial charge in [-0.15, -0.1) is 0 Å². The lowest BCUT2D eigenvalue weighted by atomic mass is 9.84. The summed E-state index contributed by atoms with van der Waals surface area (Å²) in [5, 5.41) is 8.92. The van der Waals surface area contributed by atoms with Crippen molar-refractivity contribution >= 4 is 12.6 Å². The highest BCUT2D eigenvalue weighted by Crippen LogP contribution is 2.30. The highest BCUT2D eigenvalue weighted by Gasteiger charge is 2.24. The van der Waals surface area contributed by atoms with E-state index in [0.717, 1.165) is 6.42 Å². The first kappa shape index (κ1) is 10.3. The third-order valence-electron chi connectivity index (χ3n) is 1.34. The van der Waals surface area contributed by atoms with E-state index >= 15 is 0 Å². The van der Waals surface area contributed by atoms with Crippen LogP contribution in [0.5, 0.6) is 0 Å². The Kier molecular flexibility index (Phi) is 3.24. The van der Waals surface area contributed by atoms with Crippen LogP contribution in [-0.2, 0) is 0 Å². The van der Waals surface area contributed by atoms with Gasteiger partial charge in [-0.3, -0.25) is 0 Å².